The van der Waals surface area contributed by atoms with E-state index in [4.69, 9.17) is 14.9 Å². The second kappa shape index (κ2) is 22.4. The molecule has 0 bridgehead atoms. The lowest BCUT2D eigenvalue weighted by atomic mass is 10.0. The summed E-state index contributed by atoms with van der Waals surface area (Å²) in [6, 6.07) is 0. The van der Waals surface area contributed by atoms with E-state index in [0.29, 0.717) is 6.42 Å². The van der Waals surface area contributed by atoms with Crippen LogP contribution in [0.3, 0.4) is 0 Å². The first-order valence-electron chi connectivity index (χ1n) is 10.6. The highest BCUT2D eigenvalue weighted by Crippen LogP contribution is 2.13. The molecule has 26 heavy (non-hydrogen) atoms. The maximum atomic E-state index is 11.4. The highest BCUT2D eigenvalue weighted by atomic mass is 16.5. The minimum absolute atomic E-state index is 0. The van der Waals surface area contributed by atoms with Crippen molar-refractivity contribution in [1.82, 2.24) is 0 Å². The van der Waals surface area contributed by atoms with Gasteiger partial charge in [-0.15, -0.1) is 0 Å². The molecule has 0 aliphatic carbocycles. The molecule has 0 amide bonds. The number of unbranched alkanes of at least 4 members (excludes halogenated alkanes) is 14. The standard InChI is InChI=1S/C21H42O4.CH4/c1-2-3-4-5-6-7-8-9-10-11-12-13-14-15-16-17-21(24)25-19-20(23)18-22;/h20,22-23H,2-19H2,1H3;1H4. The first-order chi connectivity index (χ1) is 12.2. The Morgan fingerprint density at radius 2 is 1.15 bits per heavy atom. The van der Waals surface area contributed by atoms with E-state index in [2.05, 4.69) is 6.92 Å². The summed E-state index contributed by atoms with van der Waals surface area (Å²) in [5.74, 6) is -0.276. The molecule has 0 spiro atoms. The zero-order valence-electron chi connectivity index (χ0n) is 16.5. The largest absolute Gasteiger partial charge is 0.463 e. The number of carbonyl (C=O) groups is 1. The van der Waals surface area contributed by atoms with E-state index in [0.717, 1.165) is 12.8 Å². The van der Waals surface area contributed by atoms with Crippen LogP contribution in [0.1, 0.15) is 117 Å². The molecule has 4 heteroatoms. The predicted molar refractivity (Wildman–Crippen MR) is 110 cm³/mol. The van der Waals surface area contributed by atoms with Gasteiger partial charge in [-0.2, -0.15) is 0 Å². The van der Waals surface area contributed by atoms with Crippen LogP contribution in [0.2, 0.25) is 0 Å². The highest BCUT2D eigenvalue weighted by molar-refractivity contribution is 5.69. The van der Waals surface area contributed by atoms with Gasteiger partial charge in [0, 0.05) is 6.42 Å². The van der Waals surface area contributed by atoms with Gasteiger partial charge < -0.3 is 14.9 Å². The molecule has 4 nitrogen and oxygen atoms in total. The smallest absolute Gasteiger partial charge is 0.305 e. The molecule has 0 heterocycles. The summed E-state index contributed by atoms with van der Waals surface area (Å²) in [5.41, 5.74) is 0. The fourth-order valence-electron chi connectivity index (χ4n) is 2.95. The Morgan fingerprint density at radius 3 is 1.54 bits per heavy atom. The van der Waals surface area contributed by atoms with Gasteiger partial charge in [0.05, 0.1) is 6.61 Å². The van der Waals surface area contributed by atoms with Crippen molar-refractivity contribution in [1.29, 1.82) is 0 Å². The SMILES string of the molecule is C.CCCCCCCCCCCCCCCCCC(=O)OCC(O)CO. The zero-order valence-corrected chi connectivity index (χ0v) is 16.5. The number of hydrogen-bond acceptors (Lipinski definition) is 4. The van der Waals surface area contributed by atoms with E-state index in [1.54, 1.807) is 0 Å². The molecule has 2 N–H and O–H groups in total. The lowest BCUT2D eigenvalue weighted by Crippen LogP contribution is -2.21. The van der Waals surface area contributed by atoms with Gasteiger partial charge in [-0.3, -0.25) is 4.79 Å². The van der Waals surface area contributed by atoms with E-state index >= 15 is 0 Å². The van der Waals surface area contributed by atoms with Gasteiger partial charge in [0.1, 0.15) is 12.7 Å². The van der Waals surface area contributed by atoms with Gasteiger partial charge in [-0.1, -0.05) is 104 Å². The first kappa shape index (κ1) is 27.6. The Balaban J connectivity index is 0. The van der Waals surface area contributed by atoms with Crippen molar-refractivity contribution in [3.63, 3.8) is 0 Å². The summed E-state index contributed by atoms with van der Waals surface area (Å²) in [7, 11) is 0. The van der Waals surface area contributed by atoms with Crippen LogP contribution < -0.4 is 0 Å². The first-order valence-corrected chi connectivity index (χ1v) is 10.6. The van der Waals surface area contributed by atoms with Gasteiger partial charge in [-0.05, 0) is 6.42 Å². The van der Waals surface area contributed by atoms with Crippen molar-refractivity contribution in [2.45, 2.75) is 123 Å². The lowest BCUT2D eigenvalue weighted by molar-refractivity contribution is -0.147. The highest BCUT2D eigenvalue weighted by Gasteiger charge is 2.07. The summed E-state index contributed by atoms with van der Waals surface area (Å²) in [6.07, 6.45) is 19.0. The van der Waals surface area contributed by atoms with Gasteiger partial charge in [-0.25, -0.2) is 0 Å². The average Bonchev–Trinajstić information content (AvgIpc) is 2.62. The molecule has 1 atom stereocenters. The molecule has 0 radical (unpaired) electrons. The molecule has 0 aromatic rings. The van der Waals surface area contributed by atoms with Crippen LogP contribution in [0.25, 0.3) is 0 Å². The Bertz CT molecular complexity index is 281. The number of carbonyl (C=O) groups excluding carboxylic acids is 1. The van der Waals surface area contributed by atoms with Crippen molar-refractivity contribution < 1.29 is 19.7 Å². The molecule has 0 rings (SSSR count). The van der Waals surface area contributed by atoms with Gasteiger partial charge in [0.15, 0.2) is 0 Å². The molecule has 0 saturated heterocycles. The zero-order chi connectivity index (χ0) is 18.6. The molecule has 0 aliphatic rings. The lowest BCUT2D eigenvalue weighted by Gasteiger charge is -2.08. The topological polar surface area (TPSA) is 66.8 Å². The summed E-state index contributed by atoms with van der Waals surface area (Å²) in [6.45, 7) is 1.79. The number of esters is 1. The minimum atomic E-state index is -0.954. The van der Waals surface area contributed by atoms with E-state index in [1.165, 1.54) is 83.5 Å². The second-order valence-electron chi connectivity index (χ2n) is 7.22. The second-order valence-corrected chi connectivity index (χ2v) is 7.22. The molecule has 0 fully saturated rings. The number of hydrogen-bond donors (Lipinski definition) is 2. The average molecular weight is 375 g/mol. The third kappa shape index (κ3) is 21.4. The number of rotatable bonds is 19. The molecule has 0 aromatic carbocycles. The van der Waals surface area contributed by atoms with Crippen molar-refractivity contribution in [3.05, 3.63) is 0 Å². The number of aliphatic hydroxyl groups is 2. The van der Waals surface area contributed by atoms with Gasteiger partial charge >= 0.3 is 5.97 Å². The molecular formula is C22H46O4. The van der Waals surface area contributed by atoms with Crippen LogP contribution in [0.4, 0.5) is 0 Å². The molecule has 0 saturated carbocycles. The van der Waals surface area contributed by atoms with Crippen molar-refractivity contribution >= 4 is 5.97 Å². The summed E-state index contributed by atoms with van der Waals surface area (Å²) >= 11 is 0. The van der Waals surface area contributed by atoms with E-state index in [1.807, 2.05) is 0 Å². The maximum absolute atomic E-state index is 11.4. The maximum Gasteiger partial charge on any atom is 0.305 e. The predicted octanol–water partition coefficient (Wildman–Crippen LogP) is 5.78. The molecule has 158 valence electrons. The van der Waals surface area contributed by atoms with Crippen LogP contribution >= 0.6 is 0 Å². The molecule has 1 unspecified atom stereocenters. The summed E-state index contributed by atoms with van der Waals surface area (Å²) < 4.78 is 4.86. The normalized spacial score (nSPS) is 11.8. The van der Waals surface area contributed by atoms with Crippen LogP contribution in [0.5, 0.6) is 0 Å². The fraction of sp³-hybridized carbons (Fsp3) is 0.955. The molecule has 0 aliphatic heterocycles. The van der Waals surface area contributed by atoms with Gasteiger partial charge in [0.25, 0.3) is 0 Å². The third-order valence-corrected chi connectivity index (χ3v) is 4.63. The quantitative estimate of drug-likeness (QED) is 0.222. The van der Waals surface area contributed by atoms with Crippen molar-refractivity contribution in [2.24, 2.45) is 0 Å². The van der Waals surface area contributed by atoms with Crippen LogP contribution in [-0.2, 0) is 9.53 Å². The minimum Gasteiger partial charge on any atom is -0.463 e. The van der Waals surface area contributed by atoms with Crippen molar-refractivity contribution in [3.8, 4) is 0 Å². The van der Waals surface area contributed by atoms with E-state index < -0.39 is 6.10 Å². The fourth-order valence-corrected chi connectivity index (χ4v) is 2.95. The Morgan fingerprint density at radius 1 is 0.769 bits per heavy atom. The summed E-state index contributed by atoms with van der Waals surface area (Å²) in [4.78, 5) is 11.4. The van der Waals surface area contributed by atoms with Crippen molar-refractivity contribution in [2.75, 3.05) is 13.2 Å². The Labute approximate surface area is 162 Å². The monoisotopic (exact) mass is 374 g/mol. The Kier molecular flexibility index (Phi) is 23.8. The molecule has 0 aromatic heterocycles. The van der Waals surface area contributed by atoms with E-state index in [9.17, 15) is 4.79 Å². The van der Waals surface area contributed by atoms with Crippen LogP contribution in [0, 0.1) is 0 Å². The van der Waals surface area contributed by atoms with Crippen LogP contribution in [0.15, 0.2) is 0 Å². The van der Waals surface area contributed by atoms with Crippen LogP contribution in [-0.4, -0.2) is 35.5 Å². The third-order valence-electron chi connectivity index (χ3n) is 4.63. The Hall–Kier alpha value is -0.610. The number of aliphatic hydroxyl groups excluding tert-OH is 2. The number of ether oxygens (including phenoxy) is 1. The van der Waals surface area contributed by atoms with E-state index in [-0.39, 0.29) is 26.6 Å². The summed E-state index contributed by atoms with van der Waals surface area (Å²) in [5, 5.41) is 17.7. The molecular weight excluding hydrogens is 328 g/mol. The van der Waals surface area contributed by atoms with Gasteiger partial charge in [0.2, 0.25) is 0 Å².